The van der Waals surface area contributed by atoms with Gasteiger partial charge in [0.2, 0.25) is 144 Å². The van der Waals surface area contributed by atoms with Crippen molar-refractivity contribution in [3.05, 3.63) is 0 Å². The quantitative estimate of drug-likeness (QED) is 0.0406. The second-order valence-electron chi connectivity index (χ2n) is 29.4. The molecular formula is C82H52O54. The van der Waals surface area contributed by atoms with Gasteiger partial charge in [0, 0.05) is 87.2 Å². The van der Waals surface area contributed by atoms with Gasteiger partial charge in [0.25, 0.3) is 0 Å². The van der Waals surface area contributed by atoms with Crippen LogP contribution in [0, 0.1) is 0 Å². The smallest absolute Gasteiger partial charge is 0.208 e. The molecule has 0 saturated heterocycles. The molecule has 2 heterocycles. The van der Waals surface area contributed by atoms with Gasteiger partial charge in [0.05, 0.1) is 55.3 Å². The highest BCUT2D eigenvalue weighted by molar-refractivity contribution is 6.37. The number of hydrogen-bond acceptors (Lipinski definition) is 54. The number of rotatable bonds is 7. The van der Waals surface area contributed by atoms with Gasteiger partial charge in [0.15, 0.2) is 172 Å². The Labute approximate surface area is 735 Å². The van der Waals surface area contributed by atoms with Crippen molar-refractivity contribution >= 4 is 87.0 Å². The predicted octanol–water partition coefficient (Wildman–Crippen LogP) is 8.14. The van der Waals surface area contributed by atoms with Crippen molar-refractivity contribution in [2.45, 2.75) is 0 Å². The molecule has 0 aliphatic carbocycles. The molecule has 17 rings (SSSR count). The van der Waals surface area contributed by atoms with Crippen LogP contribution in [-0.4, -0.2) is 266 Å². The highest BCUT2D eigenvalue weighted by Gasteiger charge is 2.46. The van der Waals surface area contributed by atoms with E-state index in [0.29, 0.717) is 0 Å². The lowest BCUT2D eigenvalue weighted by Gasteiger charge is -2.25. The Hall–Kier alpha value is -21.5. The first kappa shape index (κ1) is 88.0. The minimum Gasteiger partial charge on any atom is -0.506 e. The van der Waals surface area contributed by atoms with Crippen LogP contribution in [0.4, 0.5) is 0 Å². The molecule has 54 heteroatoms. The van der Waals surface area contributed by atoms with Gasteiger partial charge in [-0.1, -0.05) is 0 Å². The molecule has 0 unspecified atom stereocenters. The van der Waals surface area contributed by atoms with Gasteiger partial charge in [-0.2, -0.15) is 0 Å². The van der Waals surface area contributed by atoms with Crippen molar-refractivity contribution < 1.29 is 274 Å². The summed E-state index contributed by atoms with van der Waals surface area (Å²) in [6.45, 7) is 0. The van der Waals surface area contributed by atoms with E-state index in [1.165, 1.54) is 0 Å². The highest BCUT2D eigenvalue weighted by atomic mass is 16.4. The third-order valence-corrected chi connectivity index (χ3v) is 22.6. The highest BCUT2D eigenvalue weighted by Crippen LogP contribution is 2.75. The first-order chi connectivity index (χ1) is 63.3. The van der Waals surface area contributed by atoms with Crippen LogP contribution >= 0.6 is 0 Å². The van der Waals surface area contributed by atoms with Crippen LogP contribution in [0.1, 0.15) is 0 Å². The molecule has 17 aromatic rings. The summed E-state index contributed by atoms with van der Waals surface area (Å²) < 4.78 is 10.8. The Balaban J connectivity index is 0.000000199. The van der Waals surface area contributed by atoms with Crippen LogP contribution < -0.4 is 0 Å². The lowest BCUT2D eigenvalue weighted by molar-refractivity contribution is 0.329. The van der Waals surface area contributed by atoms with Gasteiger partial charge >= 0.3 is 0 Å². The van der Waals surface area contributed by atoms with E-state index < -0.39 is 464 Å². The predicted molar refractivity (Wildman–Crippen MR) is 442 cm³/mol. The summed E-state index contributed by atoms with van der Waals surface area (Å²) in [6.07, 6.45) is 0. The molecule has 0 fully saturated rings. The molecule has 54 nitrogen and oxygen atoms in total. The molecule has 0 atom stereocenters. The molecule has 0 amide bonds. The fourth-order valence-electron chi connectivity index (χ4n) is 16.4. The van der Waals surface area contributed by atoms with Crippen LogP contribution in [0.5, 0.6) is 299 Å². The Morgan fingerprint density at radius 3 is 0.353 bits per heavy atom. The van der Waals surface area contributed by atoms with Crippen molar-refractivity contribution in [3.63, 3.8) is 0 Å². The minimum absolute atomic E-state index is 1.02. The van der Waals surface area contributed by atoms with Crippen LogP contribution in [0.2, 0.25) is 0 Å². The van der Waals surface area contributed by atoms with E-state index in [1.54, 1.807) is 0 Å². The zero-order valence-corrected chi connectivity index (χ0v) is 65.1. The number of aromatic hydroxyl groups is 52. The Kier molecular flexibility index (Phi) is 18.1. The molecule has 15 aromatic carbocycles. The fourth-order valence-corrected chi connectivity index (χ4v) is 16.4. The van der Waals surface area contributed by atoms with E-state index in [0.717, 1.165) is 0 Å². The van der Waals surface area contributed by atoms with Gasteiger partial charge in [-0.25, -0.2) is 0 Å². The van der Waals surface area contributed by atoms with Gasteiger partial charge in [-0.15, -0.1) is 0 Å². The summed E-state index contributed by atoms with van der Waals surface area (Å²) in [5.74, 6) is -88.1. The topological polar surface area (TPSA) is 1080 Å². The van der Waals surface area contributed by atoms with Gasteiger partial charge in [-0.3, -0.25) is 0 Å². The third-order valence-electron chi connectivity index (χ3n) is 22.6. The Bertz CT molecular complexity index is 8310. The van der Waals surface area contributed by atoms with Crippen LogP contribution in [0.3, 0.4) is 0 Å². The molecule has 0 saturated carbocycles. The van der Waals surface area contributed by atoms with Crippen molar-refractivity contribution in [1.82, 2.24) is 0 Å². The van der Waals surface area contributed by atoms with E-state index in [4.69, 9.17) is 8.83 Å². The zero-order chi connectivity index (χ0) is 101. The second kappa shape index (κ2) is 28.0. The fraction of sp³-hybridized carbons (Fsp3) is 0. The first-order valence-corrected chi connectivity index (χ1v) is 36.2. The molecule has 0 radical (unpaired) electrons. The molecule has 704 valence electrons. The largest absolute Gasteiger partial charge is 0.506 e. The maximum atomic E-state index is 11.9. The van der Waals surface area contributed by atoms with Gasteiger partial charge < -0.3 is 274 Å². The number of hydrogen-bond donors (Lipinski definition) is 52. The van der Waals surface area contributed by atoms with E-state index in [2.05, 4.69) is 0 Å². The summed E-state index contributed by atoms with van der Waals surface area (Å²) in [5, 5.41) is 558. The average molecular weight is 1900 g/mol. The van der Waals surface area contributed by atoms with Crippen molar-refractivity contribution in [2.24, 2.45) is 0 Å². The minimum atomic E-state index is -1.95. The maximum Gasteiger partial charge on any atom is 0.208 e. The summed E-state index contributed by atoms with van der Waals surface area (Å²) >= 11 is 0. The third kappa shape index (κ3) is 10.4. The number of furan rings is 2. The van der Waals surface area contributed by atoms with Crippen LogP contribution in [0.15, 0.2) is 8.83 Å². The van der Waals surface area contributed by atoms with Crippen molar-refractivity contribution in [2.75, 3.05) is 0 Å². The van der Waals surface area contributed by atoms with Crippen molar-refractivity contribution in [3.8, 4) is 377 Å². The number of fused-ring (bicyclic) bond motifs is 10. The molecule has 136 heavy (non-hydrogen) atoms. The molecule has 0 aliphatic rings. The van der Waals surface area contributed by atoms with E-state index in [1.807, 2.05) is 0 Å². The van der Waals surface area contributed by atoms with Crippen LogP contribution in [0.25, 0.3) is 165 Å². The van der Waals surface area contributed by atoms with Crippen LogP contribution in [-0.2, 0) is 0 Å². The monoisotopic (exact) mass is 1900 g/mol. The number of phenolic OH excluding ortho intramolecular Hbond substituents is 52. The summed E-state index contributed by atoms with van der Waals surface area (Å²) in [7, 11) is 0. The zero-order valence-electron chi connectivity index (χ0n) is 65.1. The van der Waals surface area contributed by atoms with E-state index >= 15 is 0 Å². The normalized spacial score (nSPS) is 11.7. The molecule has 52 N–H and O–H groups in total. The number of benzene rings is 15. The lowest BCUT2D eigenvalue weighted by atomic mass is 9.81. The van der Waals surface area contributed by atoms with Gasteiger partial charge in [0.1, 0.15) is 5.75 Å². The standard InChI is InChI=1S/C44H28O29.C38H24O25/c45-15-3-1(7-8-14-30(60)37(67)40(70)42(72)44(14)73-43(8)41(71)38(68)19(7)49)4-6(18(48)34(64)32(62)16(4)46)2(5(3)17(47)33(63)31(15)61)9-20(50)22(52)10(23(53)21(9)51)11-24(54)26(56)12(27(57)25(11)55)13-28(58)35(65)39(69)36(66)29(13)59;39-13-9(19(45)24(50)20(46)10(13)11-21(47)29(55)33(59)30(56)22(11)48)2-5-3(14(40)25(51)27(53)16(5)42)1(4-6(2)17(43)28(54)26(52)15(4)41)7-8-12-23(49)31(57)34(60)36(62)38(12)63-37(8)35(61)32(58)18(7)44/h45-72H;39-62H. The SMILES string of the molecule is Oc1c(O)c(O)c(-c2c(O)c(O)c(-c3c(O)c(O)c(-c4c5c(O)c(O)c(O)c(O)c5c(-c5c(O)c(O)c(O)c6oc7c(O)c(O)c(O)c(O)c7c56)c5c(O)c(O)c(O)c(O)c45)c(O)c3O)c(O)c2O)c(O)c1O.Oc1c(O)c(O)c(-c2c(O)c(O)c(O)c(-c3c4c(O)c(O)c(O)c(O)c4c(-c4c(O)c(O)c(O)c5oc6c(O)c(O)c(O)c(O)c6c45)c4c(O)c(O)c(O)c(O)c34)c2O)c(O)c1O. The van der Waals surface area contributed by atoms with E-state index in [-0.39, 0.29) is 0 Å². The average Bonchev–Trinajstić information content (AvgIpc) is 1.10. The Morgan fingerprint density at radius 2 is 0.162 bits per heavy atom. The molecule has 2 aromatic heterocycles. The van der Waals surface area contributed by atoms with Gasteiger partial charge in [-0.05, 0) is 0 Å². The molecule has 0 aliphatic heterocycles. The maximum absolute atomic E-state index is 11.9. The van der Waals surface area contributed by atoms with E-state index in [9.17, 15) is 266 Å². The Morgan fingerprint density at radius 1 is 0.0662 bits per heavy atom. The summed E-state index contributed by atoms with van der Waals surface area (Å²) in [6, 6.07) is 0. The summed E-state index contributed by atoms with van der Waals surface area (Å²) in [5.41, 5.74) is -25.0. The second-order valence-corrected chi connectivity index (χ2v) is 29.4. The molecule has 0 spiro atoms. The number of phenols is 52. The molecule has 0 bridgehead atoms. The molecular weight excluding hydrogens is 1850 g/mol. The lowest BCUT2D eigenvalue weighted by Crippen LogP contribution is -1.97. The summed E-state index contributed by atoms with van der Waals surface area (Å²) in [4.78, 5) is 0. The van der Waals surface area contributed by atoms with Crippen molar-refractivity contribution in [1.29, 1.82) is 0 Å². The first-order valence-electron chi connectivity index (χ1n) is 36.2.